The molecule has 126 valence electrons. The molecule has 1 aromatic rings. The van der Waals surface area contributed by atoms with Crippen LogP contribution in [0.25, 0.3) is 0 Å². The first-order valence-corrected chi connectivity index (χ1v) is 8.98. The van der Waals surface area contributed by atoms with Crippen molar-refractivity contribution in [2.24, 2.45) is 0 Å². The Hall–Kier alpha value is -1.88. The molecule has 1 aliphatic heterocycles. The van der Waals surface area contributed by atoms with Crippen molar-refractivity contribution in [1.82, 2.24) is 5.32 Å². The maximum absolute atomic E-state index is 12.6. The van der Waals surface area contributed by atoms with E-state index in [9.17, 15) is 9.59 Å². The highest BCUT2D eigenvalue weighted by Gasteiger charge is 2.38. The zero-order valence-electron chi connectivity index (χ0n) is 13.8. The van der Waals surface area contributed by atoms with E-state index in [2.05, 4.69) is 21.2 Å². The molecule has 1 aromatic carbocycles. The average molecular weight is 390 g/mol. The van der Waals surface area contributed by atoms with E-state index < -0.39 is 0 Å². The fourth-order valence-electron chi connectivity index (χ4n) is 3.45. The van der Waals surface area contributed by atoms with E-state index >= 15 is 0 Å². The number of ketones is 1. The second-order valence-electron chi connectivity index (χ2n) is 6.04. The molecule has 0 radical (unpaired) electrons. The van der Waals surface area contributed by atoms with E-state index in [0.717, 1.165) is 39.8 Å². The zero-order chi connectivity index (χ0) is 17.3. The van der Waals surface area contributed by atoms with Crippen LogP contribution in [0.4, 0.5) is 0 Å². The lowest BCUT2D eigenvalue weighted by Crippen LogP contribution is -2.34. The molecule has 3 rings (SSSR count). The molecule has 1 atom stereocenters. The number of ether oxygens (including phenoxy) is 1. The minimum atomic E-state index is -0.361. The van der Waals surface area contributed by atoms with E-state index in [1.165, 1.54) is 0 Å². The van der Waals surface area contributed by atoms with Crippen LogP contribution >= 0.6 is 15.9 Å². The molecular formula is C19H20BrNO3. The number of allylic oxidation sites excluding steroid dienone is 3. The SMILES string of the molecule is CCOC(=O)C1=C(C)NC2=C(C(=O)CCC2)[C@H]1c1ccc(Br)cc1. The summed E-state index contributed by atoms with van der Waals surface area (Å²) in [6.07, 6.45) is 2.21. The van der Waals surface area contributed by atoms with Gasteiger partial charge in [0.15, 0.2) is 5.78 Å². The number of esters is 1. The van der Waals surface area contributed by atoms with E-state index in [4.69, 9.17) is 4.74 Å². The first-order chi connectivity index (χ1) is 11.5. The fraction of sp³-hybridized carbons (Fsp3) is 0.368. The van der Waals surface area contributed by atoms with Gasteiger partial charge in [-0.05, 0) is 44.4 Å². The molecule has 0 fully saturated rings. The summed E-state index contributed by atoms with van der Waals surface area (Å²) in [6, 6.07) is 7.78. The van der Waals surface area contributed by atoms with Crippen LogP contribution < -0.4 is 5.32 Å². The van der Waals surface area contributed by atoms with Crippen LogP contribution in [0.5, 0.6) is 0 Å². The van der Waals surface area contributed by atoms with Gasteiger partial charge in [-0.15, -0.1) is 0 Å². The highest BCUT2D eigenvalue weighted by Crippen LogP contribution is 2.42. The van der Waals surface area contributed by atoms with Crippen molar-refractivity contribution in [3.05, 3.63) is 56.8 Å². The van der Waals surface area contributed by atoms with Crippen LogP contribution in [-0.2, 0) is 14.3 Å². The van der Waals surface area contributed by atoms with Gasteiger partial charge in [0.2, 0.25) is 0 Å². The molecule has 0 spiro atoms. The lowest BCUT2D eigenvalue weighted by molar-refractivity contribution is -0.138. The lowest BCUT2D eigenvalue weighted by Gasteiger charge is -2.34. The summed E-state index contributed by atoms with van der Waals surface area (Å²) in [4.78, 5) is 25.2. The van der Waals surface area contributed by atoms with Crippen molar-refractivity contribution in [1.29, 1.82) is 0 Å². The van der Waals surface area contributed by atoms with E-state index in [0.29, 0.717) is 18.6 Å². The van der Waals surface area contributed by atoms with Crippen molar-refractivity contribution in [2.75, 3.05) is 6.61 Å². The van der Waals surface area contributed by atoms with Crippen LogP contribution in [0.1, 0.15) is 44.6 Å². The molecular weight excluding hydrogens is 370 g/mol. The number of Topliss-reactive ketones (excluding diaryl/α,β-unsaturated/α-hetero) is 1. The normalized spacial score (nSPS) is 20.6. The van der Waals surface area contributed by atoms with Crippen molar-refractivity contribution in [3.63, 3.8) is 0 Å². The molecule has 1 N–H and O–H groups in total. The summed E-state index contributed by atoms with van der Waals surface area (Å²) in [7, 11) is 0. The molecule has 0 saturated carbocycles. The van der Waals surface area contributed by atoms with Gasteiger partial charge in [-0.2, -0.15) is 0 Å². The quantitative estimate of drug-likeness (QED) is 0.794. The molecule has 1 heterocycles. The predicted octanol–water partition coefficient (Wildman–Crippen LogP) is 3.98. The van der Waals surface area contributed by atoms with Gasteiger partial charge in [0.25, 0.3) is 0 Å². The number of hydrogen-bond donors (Lipinski definition) is 1. The molecule has 1 aliphatic carbocycles. The summed E-state index contributed by atoms with van der Waals surface area (Å²) in [6.45, 7) is 3.97. The molecule has 4 nitrogen and oxygen atoms in total. The third-order valence-corrected chi connectivity index (χ3v) is 5.00. The fourth-order valence-corrected chi connectivity index (χ4v) is 3.72. The summed E-state index contributed by atoms with van der Waals surface area (Å²) in [5.41, 5.74) is 3.91. The molecule has 0 bridgehead atoms. The third kappa shape index (κ3) is 3.05. The minimum absolute atomic E-state index is 0.117. The van der Waals surface area contributed by atoms with Gasteiger partial charge in [-0.25, -0.2) is 4.79 Å². The van der Waals surface area contributed by atoms with Crippen LogP contribution in [0, 0.1) is 0 Å². The Labute approximate surface area is 150 Å². The van der Waals surface area contributed by atoms with Gasteiger partial charge in [0.05, 0.1) is 12.2 Å². The number of halogens is 1. The van der Waals surface area contributed by atoms with Crippen molar-refractivity contribution in [2.45, 2.75) is 39.0 Å². The number of nitrogens with one attached hydrogen (secondary N) is 1. The lowest BCUT2D eigenvalue weighted by atomic mass is 9.75. The highest BCUT2D eigenvalue weighted by molar-refractivity contribution is 9.10. The number of carbonyl (C=O) groups is 2. The molecule has 24 heavy (non-hydrogen) atoms. The van der Waals surface area contributed by atoms with E-state index in [1.807, 2.05) is 31.2 Å². The van der Waals surface area contributed by atoms with Crippen molar-refractivity contribution < 1.29 is 14.3 Å². The van der Waals surface area contributed by atoms with Gasteiger partial charge in [0, 0.05) is 33.8 Å². The van der Waals surface area contributed by atoms with Crippen LogP contribution in [0.2, 0.25) is 0 Å². The Kier molecular flexibility index (Phi) is 4.90. The second kappa shape index (κ2) is 6.93. The molecule has 0 saturated heterocycles. The molecule has 5 heteroatoms. The number of benzene rings is 1. The Bertz CT molecular complexity index is 746. The van der Waals surface area contributed by atoms with Gasteiger partial charge < -0.3 is 10.1 Å². The average Bonchev–Trinajstić information content (AvgIpc) is 2.55. The van der Waals surface area contributed by atoms with Crippen LogP contribution in [-0.4, -0.2) is 18.4 Å². The smallest absolute Gasteiger partial charge is 0.336 e. The van der Waals surface area contributed by atoms with Crippen LogP contribution in [0.3, 0.4) is 0 Å². The number of rotatable bonds is 3. The van der Waals surface area contributed by atoms with Gasteiger partial charge in [-0.1, -0.05) is 28.1 Å². The van der Waals surface area contributed by atoms with Gasteiger partial charge >= 0.3 is 5.97 Å². The first-order valence-electron chi connectivity index (χ1n) is 8.19. The maximum atomic E-state index is 12.6. The summed E-state index contributed by atoms with van der Waals surface area (Å²) >= 11 is 3.44. The van der Waals surface area contributed by atoms with E-state index in [1.54, 1.807) is 6.92 Å². The monoisotopic (exact) mass is 389 g/mol. The Balaban J connectivity index is 2.15. The van der Waals surface area contributed by atoms with Crippen LogP contribution in [0.15, 0.2) is 51.3 Å². The second-order valence-corrected chi connectivity index (χ2v) is 6.95. The highest BCUT2D eigenvalue weighted by atomic mass is 79.9. The largest absolute Gasteiger partial charge is 0.463 e. The van der Waals surface area contributed by atoms with Crippen molar-refractivity contribution in [3.8, 4) is 0 Å². The molecule has 0 amide bonds. The number of hydrogen-bond acceptors (Lipinski definition) is 4. The van der Waals surface area contributed by atoms with Gasteiger partial charge in [0.1, 0.15) is 0 Å². The summed E-state index contributed by atoms with van der Waals surface area (Å²) < 4.78 is 6.22. The maximum Gasteiger partial charge on any atom is 0.336 e. The number of carbonyl (C=O) groups excluding carboxylic acids is 2. The topological polar surface area (TPSA) is 55.4 Å². The summed E-state index contributed by atoms with van der Waals surface area (Å²) in [5, 5.41) is 3.28. The van der Waals surface area contributed by atoms with Gasteiger partial charge in [-0.3, -0.25) is 4.79 Å². The predicted molar refractivity (Wildman–Crippen MR) is 95.2 cm³/mol. The van der Waals surface area contributed by atoms with Crippen molar-refractivity contribution >= 4 is 27.7 Å². The first kappa shape index (κ1) is 17.0. The van der Waals surface area contributed by atoms with E-state index in [-0.39, 0.29) is 17.7 Å². The molecule has 2 aliphatic rings. The summed E-state index contributed by atoms with van der Waals surface area (Å²) in [5.74, 6) is -0.604. The Morgan fingerprint density at radius 2 is 2.00 bits per heavy atom. The Morgan fingerprint density at radius 1 is 1.29 bits per heavy atom. The Morgan fingerprint density at radius 3 is 2.67 bits per heavy atom. The molecule has 0 unspecified atom stereocenters. The zero-order valence-corrected chi connectivity index (χ0v) is 15.4. The molecule has 0 aromatic heterocycles. The minimum Gasteiger partial charge on any atom is -0.463 e. The standard InChI is InChI=1S/C19H20BrNO3/c1-3-24-19(23)16-11(2)21-14-5-4-6-15(22)18(14)17(16)12-7-9-13(20)10-8-12/h7-10,17,21H,3-6H2,1-2H3/t17-/m0/s1. The number of dihydropyridines is 1. The third-order valence-electron chi connectivity index (χ3n) is 4.47.